The molecule has 0 unspecified atom stereocenters. The van der Waals surface area contributed by atoms with Crippen LogP contribution in [0.1, 0.15) is 11.1 Å². The van der Waals surface area contributed by atoms with E-state index in [-0.39, 0.29) is 0 Å². The second-order valence-corrected chi connectivity index (χ2v) is 5.28. The van der Waals surface area contributed by atoms with Crippen LogP contribution in [-0.4, -0.2) is 17.1 Å². The van der Waals surface area contributed by atoms with Gasteiger partial charge in [0.05, 0.1) is 18.5 Å². The molecule has 0 spiro atoms. The number of aromatic nitrogens is 2. The maximum Gasteiger partial charge on any atom is 0.119 e. The lowest BCUT2D eigenvalue weighted by atomic mass is 9.96. The molecule has 1 aromatic carbocycles. The van der Waals surface area contributed by atoms with E-state index in [1.807, 2.05) is 30.5 Å². The second kappa shape index (κ2) is 5.98. The molecular formula is C19H18N2O. The van der Waals surface area contributed by atoms with Gasteiger partial charge in [0, 0.05) is 18.0 Å². The van der Waals surface area contributed by atoms with E-state index in [9.17, 15) is 0 Å². The third kappa shape index (κ3) is 2.70. The molecule has 0 bridgehead atoms. The van der Waals surface area contributed by atoms with Gasteiger partial charge in [0.25, 0.3) is 0 Å². The lowest BCUT2D eigenvalue weighted by molar-refractivity contribution is 0.414. The van der Waals surface area contributed by atoms with Gasteiger partial charge in [-0.05, 0) is 60.9 Å². The van der Waals surface area contributed by atoms with Crippen LogP contribution in [0.2, 0.25) is 0 Å². The fourth-order valence-electron chi connectivity index (χ4n) is 2.70. The lowest BCUT2D eigenvalue weighted by Gasteiger charge is -2.12. The lowest BCUT2D eigenvalue weighted by Crippen LogP contribution is -1.93. The number of methoxy groups -OCH3 is 1. The molecule has 110 valence electrons. The Kier molecular flexibility index (Phi) is 3.88. The molecule has 3 nitrogen and oxygen atoms in total. The van der Waals surface area contributed by atoms with Gasteiger partial charge in [0.2, 0.25) is 0 Å². The minimum atomic E-state index is 0.883. The topological polar surface area (TPSA) is 35.0 Å². The van der Waals surface area contributed by atoms with Gasteiger partial charge in [-0.3, -0.25) is 9.97 Å². The summed E-state index contributed by atoms with van der Waals surface area (Å²) < 4.78 is 5.32. The molecule has 0 N–H and O–H groups in total. The first-order valence-electron chi connectivity index (χ1n) is 7.22. The number of rotatable bonds is 3. The van der Waals surface area contributed by atoms with Crippen LogP contribution in [0.25, 0.3) is 22.5 Å². The minimum Gasteiger partial charge on any atom is -0.497 e. The summed E-state index contributed by atoms with van der Waals surface area (Å²) in [6.45, 7) is 4.19. The van der Waals surface area contributed by atoms with Crippen molar-refractivity contribution < 1.29 is 4.74 Å². The highest BCUT2D eigenvalue weighted by molar-refractivity contribution is 5.72. The van der Waals surface area contributed by atoms with E-state index in [1.54, 1.807) is 13.3 Å². The Morgan fingerprint density at radius 3 is 2.14 bits per heavy atom. The van der Waals surface area contributed by atoms with Crippen LogP contribution < -0.4 is 4.74 Å². The van der Waals surface area contributed by atoms with E-state index in [1.165, 1.54) is 16.7 Å². The molecule has 2 heterocycles. The standard InChI is InChI=1S/C19H18N2O/c1-13-10-16(22-3)11-14(2)19(13)15-7-8-18(21-12-15)17-6-4-5-9-20-17/h4-12H,1-3H3. The van der Waals surface area contributed by atoms with Gasteiger partial charge in [0.1, 0.15) is 5.75 Å². The average Bonchev–Trinajstić information content (AvgIpc) is 2.55. The van der Waals surface area contributed by atoms with Gasteiger partial charge in [-0.15, -0.1) is 0 Å². The summed E-state index contributed by atoms with van der Waals surface area (Å²) in [5, 5.41) is 0. The van der Waals surface area contributed by atoms with E-state index < -0.39 is 0 Å². The maximum absolute atomic E-state index is 5.32. The molecule has 0 saturated carbocycles. The molecule has 0 saturated heterocycles. The molecule has 0 aliphatic rings. The van der Waals surface area contributed by atoms with Gasteiger partial charge in [0.15, 0.2) is 0 Å². The van der Waals surface area contributed by atoms with Gasteiger partial charge >= 0.3 is 0 Å². The fourth-order valence-corrected chi connectivity index (χ4v) is 2.70. The number of pyridine rings is 2. The van der Waals surface area contributed by atoms with Crippen molar-refractivity contribution in [2.75, 3.05) is 7.11 Å². The quantitative estimate of drug-likeness (QED) is 0.715. The summed E-state index contributed by atoms with van der Waals surface area (Å²) in [5.41, 5.74) is 6.46. The zero-order valence-electron chi connectivity index (χ0n) is 13.0. The molecule has 0 aliphatic heterocycles. The number of ether oxygens (including phenoxy) is 1. The number of aryl methyl sites for hydroxylation is 2. The van der Waals surface area contributed by atoms with Gasteiger partial charge < -0.3 is 4.74 Å². The molecule has 3 aromatic rings. The minimum absolute atomic E-state index is 0.883. The normalized spacial score (nSPS) is 10.5. The highest BCUT2D eigenvalue weighted by Crippen LogP contribution is 2.31. The van der Waals surface area contributed by atoms with Crippen molar-refractivity contribution in [1.82, 2.24) is 9.97 Å². The Bertz CT molecular complexity index is 757. The summed E-state index contributed by atoms with van der Waals surface area (Å²) in [6, 6.07) is 14.0. The first kappa shape index (κ1) is 14.3. The predicted octanol–water partition coefficient (Wildman–Crippen LogP) is 4.44. The first-order valence-corrected chi connectivity index (χ1v) is 7.22. The molecule has 0 amide bonds. The SMILES string of the molecule is COc1cc(C)c(-c2ccc(-c3ccccn3)nc2)c(C)c1. The van der Waals surface area contributed by atoms with Crippen LogP contribution in [0.4, 0.5) is 0 Å². The van der Waals surface area contributed by atoms with E-state index >= 15 is 0 Å². The Balaban J connectivity index is 2.00. The summed E-state index contributed by atoms with van der Waals surface area (Å²) >= 11 is 0. The zero-order valence-corrected chi connectivity index (χ0v) is 13.0. The number of hydrogen-bond donors (Lipinski definition) is 0. The second-order valence-electron chi connectivity index (χ2n) is 5.28. The van der Waals surface area contributed by atoms with Crippen molar-refractivity contribution in [3.8, 4) is 28.3 Å². The van der Waals surface area contributed by atoms with Crippen molar-refractivity contribution in [1.29, 1.82) is 0 Å². The zero-order chi connectivity index (χ0) is 15.5. The Hall–Kier alpha value is -2.68. The third-order valence-corrected chi connectivity index (χ3v) is 3.72. The monoisotopic (exact) mass is 290 g/mol. The average molecular weight is 290 g/mol. The van der Waals surface area contributed by atoms with Crippen LogP contribution in [-0.2, 0) is 0 Å². The van der Waals surface area contributed by atoms with Gasteiger partial charge in [-0.1, -0.05) is 12.1 Å². The van der Waals surface area contributed by atoms with Crippen LogP contribution in [0.5, 0.6) is 5.75 Å². The Morgan fingerprint density at radius 1 is 0.864 bits per heavy atom. The molecule has 3 heteroatoms. The highest BCUT2D eigenvalue weighted by atomic mass is 16.5. The smallest absolute Gasteiger partial charge is 0.119 e. The molecule has 0 fully saturated rings. The molecular weight excluding hydrogens is 272 g/mol. The van der Waals surface area contributed by atoms with Crippen LogP contribution in [0, 0.1) is 13.8 Å². The summed E-state index contributed by atoms with van der Waals surface area (Å²) in [4.78, 5) is 8.89. The van der Waals surface area contributed by atoms with Crippen LogP contribution >= 0.6 is 0 Å². The molecule has 2 aromatic heterocycles. The Morgan fingerprint density at radius 2 is 1.59 bits per heavy atom. The van der Waals surface area contributed by atoms with Crippen LogP contribution in [0.15, 0.2) is 54.9 Å². The number of hydrogen-bond acceptors (Lipinski definition) is 3. The van der Waals surface area contributed by atoms with Crippen molar-refractivity contribution in [3.05, 3.63) is 66.0 Å². The van der Waals surface area contributed by atoms with Gasteiger partial charge in [-0.25, -0.2) is 0 Å². The van der Waals surface area contributed by atoms with Crippen molar-refractivity contribution in [2.45, 2.75) is 13.8 Å². The maximum atomic E-state index is 5.32. The first-order chi connectivity index (χ1) is 10.7. The number of nitrogens with zero attached hydrogens (tertiary/aromatic N) is 2. The van der Waals surface area contributed by atoms with E-state index in [4.69, 9.17) is 4.74 Å². The molecule has 22 heavy (non-hydrogen) atoms. The van der Waals surface area contributed by atoms with Crippen molar-refractivity contribution in [3.63, 3.8) is 0 Å². The summed E-state index contributed by atoms with van der Waals surface area (Å²) in [7, 11) is 1.69. The third-order valence-electron chi connectivity index (χ3n) is 3.72. The fraction of sp³-hybridized carbons (Fsp3) is 0.158. The Labute approximate surface area is 130 Å². The van der Waals surface area contributed by atoms with E-state index in [2.05, 4.69) is 42.0 Å². The summed E-state index contributed by atoms with van der Waals surface area (Å²) in [6.07, 6.45) is 3.69. The van der Waals surface area contributed by atoms with Gasteiger partial charge in [-0.2, -0.15) is 0 Å². The molecule has 0 radical (unpaired) electrons. The molecule has 0 aliphatic carbocycles. The van der Waals surface area contributed by atoms with Crippen LogP contribution in [0.3, 0.4) is 0 Å². The number of benzene rings is 1. The van der Waals surface area contributed by atoms with E-state index in [0.717, 1.165) is 22.7 Å². The summed E-state index contributed by atoms with van der Waals surface area (Å²) in [5.74, 6) is 0.886. The van der Waals surface area contributed by atoms with Crippen molar-refractivity contribution in [2.24, 2.45) is 0 Å². The molecule has 0 atom stereocenters. The highest BCUT2D eigenvalue weighted by Gasteiger charge is 2.09. The largest absolute Gasteiger partial charge is 0.497 e. The van der Waals surface area contributed by atoms with E-state index in [0.29, 0.717) is 0 Å². The predicted molar refractivity (Wildman–Crippen MR) is 88.9 cm³/mol. The van der Waals surface area contributed by atoms with Crippen molar-refractivity contribution >= 4 is 0 Å². The molecule has 3 rings (SSSR count).